The lowest BCUT2D eigenvalue weighted by atomic mass is 9.57. The smallest absolute Gasteiger partial charge is 0.508 e. The van der Waals surface area contributed by atoms with Gasteiger partial charge in [-0.3, -0.25) is 24.2 Å². The molecule has 1 saturated heterocycles. The van der Waals surface area contributed by atoms with Crippen LogP contribution in [0.15, 0.2) is 23.0 Å². The molecule has 1 heterocycles. The molecular weight excluding hydrogens is 575 g/mol. The summed E-state index contributed by atoms with van der Waals surface area (Å²) in [4.78, 5) is 42.7. The predicted octanol–water partition coefficient (Wildman–Crippen LogP) is 2.41. The summed E-state index contributed by atoms with van der Waals surface area (Å²) in [6.45, 7) is 3.18. The first-order valence-electron chi connectivity index (χ1n) is 14.1. The van der Waals surface area contributed by atoms with Crippen molar-refractivity contribution < 1.29 is 52.7 Å². The largest absolute Gasteiger partial charge is 0.573 e. The summed E-state index contributed by atoms with van der Waals surface area (Å²) >= 11 is 0. The van der Waals surface area contributed by atoms with Crippen molar-refractivity contribution in [2.24, 2.45) is 17.6 Å². The molecule has 234 valence electrons. The Kier molecular flexibility index (Phi) is 7.55. The lowest BCUT2D eigenvalue weighted by Gasteiger charge is -2.50. The van der Waals surface area contributed by atoms with Crippen LogP contribution >= 0.6 is 0 Å². The summed E-state index contributed by atoms with van der Waals surface area (Å²) in [6, 6.07) is -0.712. The van der Waals surface area contributed by atoms with E-state index in [9.17, 15) is 48.0 Å². The number of rotatable bonds is 6. The SMILES string of the molecule is CCCN1CCCC1c1cc(O)c2c(c1OC(F)(F)F)C[C@H]1C[C@H]3[C@H](N(C)C)C(=O)C(C(N)=O)=C(O)[C@@]3(O)C(=O)C1=C2O. The van der Waals surface area contributed by atoms with E-state index in [1.807, 2.05) is 11.8 Å². The summed E-state index contributed by atoms with van der Waals surface area (Å²) in [5, 5.41) is 45.1. The molecule has 5 atom stereocenters. The molecule has 0 radical (unpaired) electrons. The summed E-state index contributed by atoms with van der Waals surface area (Å²) in [5.41, 5.74) is 0.528. The second-order valence-corrected chi connectivity index (χ2v) is 11.9. The predicted molar refractivity (Wildman–Crippen MR) is 145 cm³/mol. The summed E-state index contributed by atoms with van der Waals surface area (Å²) in [6.07, 6.45) is -3.73. The number of fused-ring (bicyclic) bond motifs is 3. The third kappa shape index (κ3) is 4.66. The molecule has 0 spiro atoms. The first-order valence-corrected chi connectivity index (χ1v) is 14.1. The van der Waals surface area contributed by atoms with Crippen molar-refractivity contribution >= 4 is 23.2 Å². The number of likely N-dealkylation sites (N-methyl/N-ethyl adjacent to an activating group) is 1. The maximum atomic E-state index is 14.0. The van der Waals surface area contributed by atoms with E-state index in [1.54, 1.807) is 0 Å². The molecule has 1 aromatic carbocycles. The Balaban J connectivity index is 1.73. The van der Waals surface area contributed by atoms with Crippen LogP contribution in [0.4, 0.5) is 13.2 Å². The normalized spacial score (nSPS) is 29.6. The molecule has 14 heteroatoms. The monoisotopic (exact) mass is 609 g/mol. The van der Waals surface area contributed by atoms with Crippen molar-refractivity contribution in [1.29, 1.82) is 0 Å². The number of primary amides is 1. The first-order chi connectivity index (χ1) is 20.0. The highest BCUT2D eigenvalue weighted by Gasteiger charge is 2.64. The van der Waals surface area contributed by atoms with Gasteiger partial charge in [0.05, 0.1) is 11.6 Å². The van der Waals surface area contributed by atoms with Gasteiger partial charge in [-0.05, 0) is 71.3 Å². The van der Waals surface area contributed by atoms with Gasteiger partial charge in [0.25, 0.3) is 5.91 Å². The Morgan fingerprint density at radius 3 is 2.49 bits per heavy atom. The molecule has 3 aliphatic carbocycles. The van der Waals surface area contributed by atoms with Crippen LogP contribution in [-0.2, 0) is 20.8 Å². The van der Waals surface area contributed by atoms with Gasteiger partial charge in [0.15, 0.2) is 11.4 Å². The minimum Gasteiger partial charge on any atom is -0.508 e. The Morgan fingerprint density at radius 1 is 1.23 bits per heavy atom. The van der Waals surface area contributed by atoms with E-state index in [0.717, 1.165) is 12.5 Å². The Labute approximate surface area is 245 Å². The number of aliphatic hydroxyl groups is 3. The summed E-state index contributed by atoms with van der Waals surface area (Å²) in [5.74, 6) is -9.24. The number of likely N-dealkylation sites (tertiary alicyclic amines) is 1. The number of hydrogen-bond donors (Lipinski definition) is 5. The first kappa shape index (κ1) is 30.8. The molecular formula is C29H34F3N3O8. The molecule has 6 N–H and O–H groups in total. The van der Waals surface area contributed by atoms with Crippen molar-refractivity contribution in [2.75, 3.05) is 27.2 Å². The van der Waals surface area contributed by atoms with Crippen LogP contribution in [0.2, 0.25) is 0 Å². The number of phenols is 1. The number of phenolic OH excluding ortho intramolecular Hbond substituents is 1. The molecule has 1 aromatic rings. The highest BCUT2D eigenvalue weighted by molar-refractivity contribution is 6.24. The van der Waals surface area contributed by atoms with Crippen LogP contribution in [0, 0.1) is 11.8 Å². The van der Waals surface area contributed by atoms with Crippen LogP contribution in [0.1, 0.15) is 55.3 Å². The van der Waals surface area contributed by atoms with E-state index >= 15 is 0 Å². The zero-order valence-corrected chi connectivity index (χ0v) is 23.9. The maximum absolute atomic E-state index is 14.0. The van der Waals surface area contributed by atoms with Gasteiger partial charge in [-0.2, -0.15) is 0 Å². The number of Topliss-reactive ketones (excluding diaryl/α,β-unsaturated/α-hetero) is 2. The third-order valence-electron chi connectivity index (χ3n) is 9.15. The minimum atomic E-state index is -5.12. The number of aromatic hydroxyl groups is 1. The van der Waals surface area contributed by atoms with Gasteiger partial charge in [0.2, 0.25) is 5.78 Å². The number of benzene rings is 1. The Hall–Kier alpha value is -3.62. The molecule has 43 heavy (non-hydrogen) atoms. The number of nitrogens with zero attached hydrogens (tertiary/aromatic N) is 2. The van der Waals surface area contributed by atoms with Gasteiger partial charge in [0, 0.05) is 28.7 Å². The highest BCUT2D eigenvalue weighted by Crippen LogP contribution is 2.55. The van der Waals surface area contributed by atoms with Crippen LogP contribution < -0.4 is 10.5 Å². The van der Waals surface area contributed by atoms with E-state index in [1.165, 1.54) is 19.0 Å². The zero-order valence-electron chi connectivity index (χ0n) is 23.9. The Morgan fingerprint density at radius 2 is 1.91 bits per heavy atom. The molecule has 1 unspecified atom stereocenters. The molecule has 5 rings (SSSR count). The third-order valence-corrected chi connectivity index (χ3v) is 9.15. The van der Waals surface area contributed by atoms with Crippen molar-refractivity contribution in [1.82, 2.24) is 9.80 Å². The molecule has 4 aliphatic rings. The van der Waals surface area contributed by atoms with E-state index in [-0.39, 0.29) is 24.0 Å². The van der Waals surface area contributed by atoms with E-state index in [0.29, 0.717) is 25.9 Å². The number of ether oxygens (including phenoxy) is 1. The van der Waals surface area contributed by atoms with Gasteiger partial charge in [0.1, 0.15) is 28.6 Å². The molecule has 0 bridgehead atoms. The fraction of sp³-hybridized carbons (Fsp3) is 0.552. The number of amides is 1. The maximum Gasteiger partial charge on any atom is 0.573 e. The molecule has 1 saturated carbocycles. The molecule has 11 nitrogen and oxygen atoms in total. The Bertz CT molecular complexity index is 1470. The lowest BCUT2D eigenvalue weighted by molar-refractivity contribution is -0.275. The average Bonchev–Trinajstić information content (AvgIpc) is 3.34. The van der Waals surface area contributed by atoms with E-state index in [2.05, 4.69) is 4.74 Å². The summed E-state index contributed by atoms with van der Waals surface area (Å²) < 4.78 is 46.1. The van der Waals surface area contributed by atoms with Gasteiger partial charge >= 0.3 is 6.36 Å². The molecule has 0 aromatic heterocycles. The number of nitrogens with two attached hydrogens (primary N) is 1. The number of halogens is 3. The van der Waals surface area contributed by atoms with Crippen molar-refractivity contribution in [3.8, 4) is 11.5 Å². The van der Waals surface area contributed by atoms with E-state index in [4.69, 9.17) is 5.73 Å². The molecule has 1 aliphatic heterocycles. The average molecular weight is 610 g/mol. The number of carbonyl (C=O) groups excluding carboxylic acids is 3. The fourth-order valence-corrected chi connectivity index (χ4v) is 7.54. The highest BCUT2D eigenvalue weighted by atomic mass is 19.4. The second kappa shape index (κ2) is 10.5. The van der Waals surface area contributed by atoms with Crippen molar-refractivity contribution in [2.45, 2.75) is 63.1 Å². The molecule has 1 amide bonds. The zero-order chi connectivity index (χ0) is 31.8. The number of hydrogen-bond acceptors (Lipinski definition) is 10. The number of carbonyl (C=O) groups is 3. The molecule has 2 fully saturated rings. The topological polar surface area (TPSA) is 174 Å². The fourth-order valence-electron chi connectivity index (χ4n) is 7.54. The number of aliphatic hydroxyl groups excluding tert-OH is 2. The standard InChI is InChI=1S/C29H34F3N3O8/c1-4-7-35-8-5-6-16(35)13-11-17(36)19-14(24(13)43-29(30,31)32)9-12-10-15-21(34(2)3)23(38)20(27(33)41)26(40)28(15,42)25(39)18(12)22(19)37/h11-12,15-16,21,36-37,40,42H,4-10H2,1-3H3,(H2,33,41)/t12-,15-,16?,21-,28-/m0/s1. The lowest BCUT2D eigenvalue weighted by Crippen LogP contribution is -2.65. The van der Waals surface area contributed by atoms with Crippen LogP contribution in [-0.4, -0.2) is 92.9 Å². The number of alkyl halides is 3. The van der Waals surface area contributed by atoms with Crippen LogP contribution in [0.25, 0.3) is 5.76 Å². The minimum absolute atomic E-state index is 0.0973. The van der Waals surface area contributed by atoms with Gasteiger partial charge < -0.3 is 30.9 Å². The second-order valence-electron chi connectivity index (χ2n) is 11.9. The van der Waals surface area contributed by atoms with Gasteiger partial charge in [-0.15, -0.1) is 13.2 Å². The van der Waals surface area contributed by atoms with Crippen LogP contribution in [0.5, 0.6) is 11.5 Å². The summed E-state index contributed by atoms with van der Waals surface area (Å²) in [7, 11) is 2.91. The van der Waals surface area contributed by atoms with Gasteiger partial charge in [-0.25, -0.2) is 0 Å². The number of ketones is 2. The van der Waals surface area contributed by atoms with Crippen molar-refractivity contribution in [3.63, 3.8) is 0 Å². The van der Waals surface area contributed by atoms with Crippen molar-refractivity contribution in [3.05, 3.63) is 39.7 Å². The van der Waals surface area contributed by atoms with Crippen LogP contribution in [0.3, 0.4) is 0 Å². The van der Waals surface area contributed by atoms with Gasteiger partial charge in [-0.1, -0.05) is 6.92 Å². The van der Waals surface area contributed by atoms with E-state index < -0.39 is 93.1 Å². The quantitative estimate of drug-likeness (QED) is 0.302.